The zero-order valence-corrected chi connectivity index (χ0v) is 23.7. The molecule has 0 saturated heterocycles. The van der Waals surface area contributed by atoms with E-state index in [-0.39, 0.29) is 12.5 Å². The van der Waals surface area contributed by atoms with Crippen LogP contribution < -0.4 is 5.32 Å². The highest BCUT2D eigenvalue weighted by atomic mass is 28.4. The molecule has 1 amide bonds. The van der Waals surface area contributed by atoms with Gasteiger partial charge in [0.1, 0.15) is 5.60 Å². The molecular formula is C27H51NO4Si. The minimum Gasteiger partial charge on any atom is -0.444 e. The number of amides is 1. The summed E-state index contributed by atoms with van der Waals surface area (Å²) in [6.45, 7) is 19.0. The highest BCUT2D eigenvalue weighted by Crippen LogP contribution is 2.44. The lowest BCUT2D eigenvalue weighted by molar-refractivity contribution is -0.00726. The highest BCUT2D eigenvalue weighted by molar-refractivity contribution is 6.77. The Morgan fingerprint density at radius 3 is 2.00 bits per heavy atom. The van der Waals surface area contributed by atoms with Crippen LogP contribution in [0.25, 0.3) is 0 Å². The Balaban J connectivity index is 3.38. The molecule has 5 nitrogen and oxygen atoms in total. The summed E-state index contributed by atoms with van der Waals surface area (Å²) < 4.78 is 12.7. The Morgan fingerprint density at radius 2 is 1.58 bits per heavy atom. The Labute approximate surface area is 204 Å². The summed E-state index contributed by atoms with van der Waals surface area (Å²) in [5.41, 5.74) is 0.471. The lowest BCUT2D eigenvalue weighted by Crippen LogP contribution is -2.59. The molecule has 0 radical (unpaired) electrons. The van der Waals surface area contributed by atoms with Crippen LogP contribution in [0.3, 0.4) is 0 Å². The summed E-state index contributed by atoms with van der Waals surface area (Å²) >= 11 is 0. The molecule has 33 heavy (non-hydrogen) atoms. The number of carbonyl (C=O) groups is 1. The number of alkyl carbamates (subject to hydrolysis) is 1. The summed E-state index contributed by atoms with van der Waals surface area (Å²) in [6, 6.07) is -0.352. The first-order valence-corrected chi connectivity index (χ1v) is 15.2. The Hall–Kier alpha value is -1.03. The van der Waals surface area contributed by atoms with Gasteiger partial charge in [-0.1, -0.05) is 73.6 Å². The van der Waals surface area contributed by atoms with E-state index < -0.39 is 32.2 Å². The van der Waals surface area contributed by atoms with E-state index in [0.29, 0.717) is 22.5 Å². The number of hydrogen-bond acceptors (Lipinski definition) is 4. The SMILES string of the molecule is C#CCC(O)[C@H](O[Si](C(C)C)(C(C)C)C(C)C)[C@H](CC1CCCCC1)NC(=O)OC(C)(C)C. The van der Waals surface area contributed by atoms with E-state index >= 15 is 0 Å². The van der Waals surface area contributed by atoms with E-state index in [0.717, 1.165) is 19.3 Å². The van der Waals surface area contributed by atoms with Crippen molar-refractivity contribution in [2.45, 2.75) is 148 Å². The Bertz CT molecular complexity index is 607. The topological polar surface area (TPSA) is 67.8 Å². The van der Waals surface area contributed by atoms with Gasteiger partial charge < -0.3 is 19.6 Å². The molecule has 6 heteroatoms. The number of terminal acetylenes is 1. The number of nitrogens with one attached hydrogen (secondary N) is 1. The largest absolute Gasteiger partial charge is 0.444 e. The maximum atomic E-state index is 12.9. The zero-order chi connectivity index (χ0) is 25.4. The van der Waals surface area contributed by atoms with Crippen molar-refractivity contribution in [3.63, 3.8) is 0 Å². The molecule has 0 heterocycles. The summed E-state index contributed by atoms with van der Waals surface area (Å²) in [4.78, 5) is 12.9. The smallest absolute Gasteiger partial charge is 0.407 e. The summed E-state index contributed by atoms with van der Waals surface area (Å²) in [6.07, 6.45) is 10.7. The average molecular weight is 482 g/mol. The van der Waals surface area contributed by atoms with Gasteiger partial charge in [-0.05, 0) is 49.7 Å². The molecule has 3 atom stereocenters. The van der Waals surface area contributed by atoms with E-state index in [1.54, 1.807) is 0 Å². The van der Waals surface area contributed by atoms with Crippen molar-refractivity contribution >= 4 is 14.4 Å². The lowest BCUT2D eigenvalue weighted by atomic mass is 9.83. The minimum absolute atomic E-state index is 0.195. The number of ether oxygens (including phenoxy) is 1. The quantitative estimate of drug-likeness (QED) is 0.252. The highest BCUT2D eigenvalue weighted by Gasteiger charge is 2.49. The standard InChI is InChI=1S/C27H51NO4Si/c1-11-15-24(29)25(32-33(19(2)3,20(4)5)21(6)7)23(18-22-16-13-12-14-17-22)28-26(30)31-27(8,9)10/h1,19-25,29H,12-18H2,2-10H3,(H,28,30)/t23-,24?,25+/m0/s1. The van der Waals surface area contributed by atoms with E-state index in [1.165, 1.54) is 19.3 Å². The van der Waals surface area contributed by atoms with Crippen molar-refractivity contribution in [1.29, 1.82) is 0 Å². The monoisotopic (exact) mass is 481 g/mol. The number of rotatable bonds is 11. The van der Waals surface area contributed by atoms with Gasteiger partial charge in [0, 0.05) is 6.42 Å². The second kappa shape index (κ2) is 13.2. The third-order valence-electron chi connectivity index (χ3n) is 7.16. The first kappa shape index (κ1) is 30.0. The maximum Gasteiger partial charge on any atom is 0.407 e. The van der Waals surface area contributed by atoms with Gasteiger partial charge in [-0.3, -0.25) is 0 Å². The summed E-state index contributed by atoms with van der Waals surface area (Å²) in [5.74, 6) is 3.11. The van der Waals surface area contributed by atoms with Crippen molar-refractivity contribution in [2.24, 2.45) is 5.92 Å². The van der Waals surface area contributed by atoms with Crippen LogP contribution in [0.5, 0.6) is 0 Å². The lowest BCUT2D eigenvalue weighted by Gasteiger charge is -2.47. The molecule has 1 unspecified atom stereocenters. The molecule has 1 rings (SSSR count). The first-order valence-electron chi connectivity index (χ1n) is 13.0. The second-order valence-corrected chi connectivity index (χ2v) is 17.3. The normalized spacial score (nSPS) is 18.8. The fourth-order valence-corrected chi connectivity index (χ4v) is 11.4. The van der Waals surface area contributed by atoms with Crippen LogP contribution in [0, 0.1) is 18.3 Å². The molecule has 0 aromatic carbocycles. The van der Waals surface area contributed by atoms with Crippen molar-refractivity contribution in [1.82, 2.24) is 5.32 Å². The van der Waals surface area contributed by atoms with Gasteiger partial charge in [0.25, 0.3) is 0 Å². The molecule has 0 aliphatic heterocycles. The van der Waals surface area contributed by atoms with Crippen LogP contribution >= 0.6 is 0 Å². The van der Waals surface area contributed by atoms with Gasteiger partial charge in [-0.25, -0.2) is 4.79 Å². The van der Waals surface area contributed by atoms with Gasteiger partial charge in [0.05, 0.1) is 18.2 Å². The fourth-order valence-electron chi connectivity index (χ4n) is 5.83. The fraction of sp³-hybridized carbons (Fsp3) is 0.889. The van der Waals surface area contributed by atoms with Gasteiger partial charge in [-0.15, -0.1) is 12.3 Å². The number of aliphatic hydroxyl groups excluding tert-OH is 1. The van der Waals surface area contributed by atoms with E-state index in [2.05, 4.69) is 52.8 Å². The van der Waals surface area contributed by atoms with E-state index in [4.69, 9.17) is 15.6 Å². The Morgan fingerprint density at radius 1 is 1.06 bits per heavy atom. The number of aliphatic hydroxyl groups is 1. The van der Waals surface area contributed by atoms with Crippen LogP contribution in [0.4, 0.5) is 4.79 Å². The molecule has 1 aliphatic rings. The maximum absolute atomic E-state index is 12.9. The Kier molecular flexibility index (Phi) is 12.0. The first-order chi connectivity index (χ1) is 15.2. The van der Waals surface area contributed by atoms with Crippen LogP contribution in [0.1, 0.15) is 107 Å². The second-order valence-electron chi connectivity index (χ2n) is 11.9. The molecule has 1 saturated carbocycles. The molecular weight excluding hydrogens is 430 g/mol. The minimum atomic E-state index is -2.33. The van der Waals surface area contributed by atoms with Crippen molar-refractivity contribution in [3.8, 4) is 12.3 Å². The van der Waals surface area contributed by atoms with Crippen LogP contribution in [0.15, 0.2) is 0 Å². The number of hydrogen-bond donors (Lipinski definition) is 2. The molecule has 2 N–H and O–H groups in total. The third kappa shape index (κ3) is 8.92. The molecule has 0 spiro atoms. The van der Waals surface area contributed by atoms with Crippen molar-refractivity contribution in [2.75, 3.05) is 0 Å². The van der Waals surface area contributed by atoms with Crippen LogP contribution in [-0.2, 0) is 9.16 Å². The number of carbonyl (C=O) groups excluding carboxylic acids is 1. The molecule has 1 aliphatic carbocycles. The van der Waals surface area contributed by atoms with Crippen molar-refractivity contribution < 1.29 is 19.1 Å². The van der Waals surface area contributed by atoms with Gasteiger partial charge in [0.2, 0.25) is 8.32 Å². The van der Waals surface area contributed by atoms with E-state index in [9.17, 15) is 9.90 Å². The zero-order valence-electron chi connectivity index (χ0n) is 22.7. The molecule has 0 aromatic rings. The third-order valence-corrected chi connectivity index (χ3v) is 13.3. The molecule has 192 valence electrons. The summed E-state index contributed by atoms with van der Waals surface area (Å²) in [5, 5.41) is 14.3. The molecule has 0 bridgehead atoms. The van der Waals surface area contributed by atoms with Crippen LogP contribution in [-0.4, -0.2) is 43.4 Å². The van der Waals surface area contributed by atoms with Gasteiger partial charge >= 0.3 is 6.09 Å². The van der Waals surface area contributed by atoms with Crippen LogP contribution in [0.2, 0.25) is 16.6 Å². The van der Waals surface area contributed by atoms with Crippen molar-refractivity contribution in [3.05, 3.63) is 0 Å². The summed E-state index contributed by atoms with van der Waals surface area (Å²) in [7, 11) is -2.33. The van der Waals surface area contributed by atoms with E-state index in [1.807, 2.05) is 20.8 Å². The predicted molar refractivity (Wildman–Crippen MR) is 140 cm³/mol. The van der Waals surface area contributed by atoms with Gasteiger partial charge in [0.15, 0.2) is 0 Å². The molecule has 0 aromatic heterocycles. The van der Waals surface area contributed by atoms with Gasteiger partial charge in [-0.2, -0.15) is 0 Å². The molecule has 1 fully saturated rings. The average Bonchev–Trinajstić information content (AvgIpc) is 2.67. The predicted octanol–water partition coefficient (Wildman–Crippen LogP) is 6.80.